The Labute approximate surface area is 162 Å². The van der Waals surface area contributed by atoms with Crippen LogP contribution in [0.15, 0.2) is 59.4 Å². The third kappa shape index (κ3) is 4.47. The Kier molecular flexibility index (Phi) is 6.23. The van der Waals surface area contributed by atoms with Crippen LogP contribution in [-0.4, -0.2) is 44.7 Å². The Morgan fingerprint density at radius 2 is 1.93 bits per heavy atom. The molecule has 28 heavy (non-hydrogen) atoms. The molecular weight excluding hydrogens is 360 g/mol. The van der Waals surface area contributed by atoms with E-state index in [4.69, 9.17) is 9.47 Å². The highest BCUT2D eigenvalue weighted by atomic mass is 16.5. The molecule has 0 aliphatic heterocycles. The molecule has 3 rings (SSSR count). The van der Waals surface area contributed by atoms with Gasteiger partial charge in [0.1, 0.15) is 12.7 Å². The summed E-state index contributed by atoms with van der Waals surface area (Å²) in [6.45, 7) is 1.87. The van der Waals surface area contributed by atoms with E-state index in [1.54, 1.807) is 37.4 Å². The number of nitrogens with zero attached hydrogens (tertiary/aromatic N) is 4. The first-order valence-corrected chi connectivity index (χ1v) is 8.82. The van der Waals surface area contributed by atoms with Crippen molar-refractivity contribution in [2.75, 3.05) is 13.7 Å². The van der Waals surface area contributed by atoms with Gasteiger partial charge in [0.05, 0.1) is 19.3 Å². The maximum absolute atomic E-state index is 12.4. The molecule has 1 unspecified atom stereocenters. The summed E-state index contributed by atoms with van der Waals surface area (Å²) in [7, 11) is 1.56. The van der Waals surface area contributed by atoms with Crippen molar-refractivity contribution in [1.29, 1.82) is 0 Å². The van der Waals surface area contributed by atoms with E-state index in [0.717, 1.165) is 10.2 Å². The second-order valence-electron chi connectivity index (χ2n) is 6.07. The zero-order chi connectivity index (χ0) is 19.9. The van der Waals surface area contributed by atoms with Crippen molar-refractivity contribution in [3.63, 3.8) is 0 Å². The van der Waals surface area contributed by atoms with Crippen molar-refractivity contribution in [2.45, 2.75) is 19.6 Å². The lowest BCUT2D eigenvalue weighted by molar-refractivity contribution is 0.0864. The van der Waals surface area contributed by atoms with Crippen molar-refractivity contribution in [1.82, 2.24) is 19.8 Å². The maximum atomic E-state index is 12.4. The van der Waals surface area contributed by atoms with Crippen LogP contribution in [0.25, 0.3) is 11.8 Å². The predicted octanol–water partition coefficient (Wildman–Crippen LogP) is 1.91. The maximum Gasteiger partial charge on any atom is 0.368 e. The Morgan fingerprint density at radius 3 is 2.64 bits per heavy atom. The number of allylic oxidation sites excluding steroid dienone is 1. The van der Waals surface area contributed by atoms with Crippen LogP contribution in [0.5, 0.6) is 11.5 Å². The van der Waals surface area contributed by atoms with Crippen LogP contribution in [0, 0.1) is 0 Å². The Morgan fingerprint density at radius 1 is 1.14 bits per heavy atom. The molecule has 0 fully saturated rings. The van der Waals surface area contributed by atoms with Crippen LogP contribution in [-0.2, 0) is 6.54 Å². The Bertz CT molecular complexity index is 995. The van der Waals surface area contributed by atoms with E-state index < -0.39 is 11.8 Å². The average molecular weight is 382 g/mol. The van der Waals surface area contributed by atoms with Gasteiger partial charge in [-0.05, 0) is 47.2 Å². The molecule has 1 heterocycles. The summed E-state index contributed by atoms with van der Waals surface area (Å²) in [6.07, 6.45) is 2.93. The molecule has 1 N–H and O–H groups in total. The van der Waals surface area contributed by atoms with Gasteiger partial charge < -0.3 is 14.6 Å². The first-order chi connectivity index (χ1) is 13.6. The molecule has 1 aromatic heterocycles. The van der Waals surface area contributed by atoms with Crippen molar-refractivity contribution in [3.05, 3.63) is 70.7 Å². The van der Waals surface area contributed by atoms with Crippen LogP contribution >= 0.6 is 0 Å². The second-order valence-corrected chi connectivity index (χ2v) is 6.07. The summed E-state index contributed by atoms with van der Waals surface area (Å²) in [6, 6.07) is 14.5. The number of rotatable bonds is 8. The molecule has 2 aromatic carbocycles. The Balaban J connectivity index is 1.65. The van der Waals surface area contributed by atoms with Gasteiger partial charge in [-0.15, -0.1) is 0 Å². The van der Waals surface area contributed by atoms with Crippen LogP contribution < -0.4 is 15.2 Å². The summed E-state index contributed by atoms with van der Waals surface area (Å²) < 4.78 is 13.3. The van der Waals surface area contributed by atoms with Gasteiger partial charge in [-0.3, -0.25) is 0 Å². The molecule has 0 spiro atoms. The van der Waals surface area contributed by atoms with E-state index in [2.05, 4.69) is 10.4 Å². The fourth-order valence-electron chi connectivity index (χ4n) is 2.66. The Hall–Kier alpha value is -3.39. The van der Waals surface area contributed by atoms with Gasteiger partial charge in [0.2, 0.25) is 0 Å². The van der Waals surface area contributed by atoms with Crippen molar-refractivity contribution in [3.8, 4) is 17.2 Å². The summed E-state index contributed by atoms with van der Waals surface area (Å²) >= 11 is 0. The lowest BCUT2D eigenvalue weighted by Crippen LogP contribution is -2.31. The number of hydrogen-bond acceptors (Lipinski definition) is 6. The van der Waals surface area contributed by atoms with Gasteiger partial charge in [-0.1, -0.05) is 36.4 Å². The highest BCUT2D eigenvalue weighted by Gasteiger charge is 2.14. The number of aliphatic hydroxyl groups is 1. The first kappa shape index (κ1) is 19.4. The molecule has 0 amide bonds. The fourth-order valence-corrected chi connectivity index (χ4v) is 2.66. The van der Waals surface area contributed by atoms with E-state index >= 15 is 0 Å². The number of ether oxygens (including phenoxy) is 2. The SMILES string of the molecule is C/C=C/c1ccc(OCC(O)Cn2nnn(-c3ccccc3)c2=O)c(OC)c1. The van der Waals surface area contributed by atoms with Crippen molar-refractivity contribution in [2.24, 2.45) is 0 Å². The molecule has 0 bridgehead atoms. The number of tetrazole rings is 1. The molecule has 0 radical (unpaired) electrons. The van der Waals surface area contributed by atoms with Crippen molar-refractivity contribution >= 4 is 6.08 Å². The first-order valence-electron chi connectivity index (χ1n) is 8.82. The molecule has 0 aliphatic carbocycles. The van der Waals surface area contributed by atoms with Crippen LogP contribution in [0.3, 0.4) is 0 Å². The normalized spacial score (nSPS) is 12.2. The molecule has 0 saturated heterocycles. The summed E-state index contributed by atoms with van der Waals surface area (Å²) in [5, 5.41) is 17.9. The minimum absolute atomic E-state index is 0.0238. The zero-order valence-electron chi connectivity index (χ0n) is 15.7. The number of para-hydroxylation sites is 1. The van der Waals surface area contributed by atoms with Gasteiger partial charge in [0.25, 0.3) is 0 Å². The summed E-state index contributed by atoms with van der Waals surface area (Å²) in [5.41, 5.74) is 1.16. The van der Waals surface area contributed by atoms with E-state index in [0.29, 0.717) is 17.2 Å². The smallest absolute Gasteiger partial charge is 0.368 e. The van der Waals surface area contributed by atoms with E-state index in [-0.39, 0.29) is 13.2 Å². The molecule has 3 aromatic rings. The largest absolute Gasteiger partial charge is 0.493 e. The minimum atomic E-state index is -0.946. The van der Waals surface area contributed by atoms with Gasteiger partial charge in [-0.2, -0.15) is 9.36 Å². The van der Waals surface area contributed by atoms with Gasteiger partial charge in [0.15, 0.2) is 11.5 Å². The lowest BCUT2D eigenvalue weighted by Gasteiger charge is -2.14. The van der Waals surface area contributed by atoms with Gasteiger partial charge in [-0.25, -0.2) is 4.79 Å². The number of hydrogen-bond donors (Lipinski definition) is 1. The third-order valence-corrected chi connectivity index (χ3v) is 4.00. The topological polar surface area (TPSA) is 91.4 Å². The van der Waals surface area contributed by atoms with Crippen LogP contribution in [0.2, 0.25) is 0 Å². The zero-order valence-corrected chi connectivity index (χ0v) is 15.7. The number of aliphatic hydroxyl groups excluding tert-OH is 1. The molecule has 146 valence electrons. The van der Waals surface area contributed by atoms with Crippen LogP contribution in [0.4, 0.5) is 0 Å². The highest BCUT2D eigenvalue weighted by Crippen LogP contribution is 2.28. The fraction of sp³-hybridized carbons (Fsp3) is 0.250. The monoisotopic (exact) mass is 382 g/mol. The highest BCUT2D eigenvalue weighted by molar-refractivity contribution is 5.55. The summed E-state index contributed by atoms with van der Waals surface area (Å²) in [4.78, 5) is 12.4. The molecule has 1 atom stereocenters. The lowest BCUT2D eigenvalue weighted by atomic mass is 10.2. The quantitative estimate of drug-likeness (QED) is 0.640. The summed E-state index contributed by atoms with van der Waals surface area (Å²) in [5.74, 6) is 1.07. The molecule has 8 heteroatoms. The van der Waals surface area contributed by atoms with Crippen LogP contribution in [0.1, 0.15) is 12.5 Å². The van der Waals surface area contributed by atoms with Gasteiger partial charge in [0, 0.05) is 0 Å². The second kappa shape index (κ2) is 9.01. The van der Waals surface area contributed by atoms with E-state index in [1.165, 1.54) is 4.68 Å². The standard InChI is InChI=1S/C20H22N4O4/c1-3-7-15-10-11-18(19(12-15)27-2)28-14-17(25)13-23-20(26)24(22-21-23)16-8-5-4-6-9-16/h3-12,17,25H,13-14H2,1-2H3/b7-3+. The molecular formula is C20H22N4O4. The average Bonchev–Trinajstić information content (AvgIpc) is 3.08. The predicted molar refractivity (Wildman–Crippen MR) is 105 cm³/mol. The van der Waals surface area contributed by atoms with Gasteiger partial charge >= 0.3 is 5.69 Å². The molecule has 0 saturated carbocycles. The minimum Gasteiger partial charge on any atom is -0.493 e. The number of benzene rings is 2. The van der Waals surface area contributed by atoms with Crippen molar-refractivity contribution < 1.29 is 14.6 Å². The number of methoxy groups -OCH3 is 1. The van der Waals surface area contributed by atoms with E-state index in [9.17, 15) is 9.90 Å². The van der Waals surface area contributed by atoms with E-state index in [1.807, 2.05) is 37.3 Å². The molecule has 0 aliphatic rings. The number of aromatic nitrogens is 4. The molecule has 8 nitrogen and oxygen atoms in total. The third-order valence-electron chi connectivity index (χ3n) is 4.00.